The predicted molar refractivity (Wildman–Crippen MR) is 88.3 cm³/mol. The van der Waals surface area contributed by atoms with Crippen LogP contribution in [0.25, 0.3) is 11.4 Å². The Balaban J connectivity index is 1.60. The summed E-state index contributed by atoms with van der Waals surface area (Å²) in [5.41, 5.74) is 1.95. The van der Waals surface area contributed by atoms with Gasteiger partial charge in [-0.3, -0.25) is 0 Å². The van der Waals surface area contributed by atoms with Crippen LogP contribution < -0.4 is 0 Å². The van der Waals surface area contributed by atoms with Crippen LogP contribution in [0.3, 0.4) is 0 Å². The number of halogens is 2. The minimum Gasteiger partial charge on any atom is -0.386 e. The van der Waals surface area contributed by atoms with Crippen molar-refractivity contribution in [2.75, 3.05) is 0 Å². The van der Waals surface area contributed by atoms with Crippen molar-refractivity contribution in [2.24, 2.45) is 5.16 Å². The molecular weight excluding hydrogens is 333 g/mol. The Bertz CT molecular complexity index is 863. The maximum Gasteiger partial charge on any atom is 0.267 e. The van der Waals surface area contributed by atoms with Gasteiger partial charge in [0.05, 0.1) is 6.21 Å². The summed E-state index contributed by atoms with van der Waals surface area (Å²) in [6.07, 6.45) is 1.54. The zero-order valence-electron chi connectivity index (χ0n) is 12.7. The van der Waals surface area contributed by atoms with Gasteiger partial charge in [0.1, 0.15) is 5.82 Å². The third-order valence-corrected chi connectivity index (χ3v) is 3.48. The molecule has 0 aliphatic rings. The summed E-state index contributed by atoms with van der Waals surface area (Å²) >= 11 is 5.80. The first kappa shape index (κ1) is 16.1. The lowest BCUT2D eigenvalue weighted by atomic mass is 10.1. The van der Waals surface area contributed by atoms with Gasteiger partial charge in [0.2, 0.25) is 5.82 Å². The van der Waals surface area contributed by atoms with Crippen molar-refractivity contribution in [3.05, 3.63) is 70.3 Å². The van der Waals surface area contributed by atoms with Crippen molar-refractivity contribution >= 4 is 17.8 Å². The Morgan fingerprint density at radius 1 is 1.25 bits per heavy atom. The number of nitrogens with zero attached hydrogens (tertiary/aromatic N) is 3. The third kappa shape index (κ3) is 3.97. The van der Waals surface area contributed by atoms with Gasteiger partial charge in [0.15, 0.2) is 6.61 Å². The van der Waals surface area contributed by atoms with Gasteiger partial charge in [0, 0.05) is 10.6 Å². The molecule has 0 atom stereocenters. The van der Waals surface area contributed by atoms with E-state index < -0.39 is 0 Å². The highest BCUT2D eigenvalue weighted by molar-refractivity contribution is 6.30. The molecule has 1 heterocycles. The van der Waals surface area contributed by atoms with Crippen LogP contribution in [0.2, 0.25) is 5.02 Å². The van der Waals surface area contributed by atoms with Crippen molar-refractivity contribution in [1.29, 1.82) is 0 Å². The smallest absolute Gasteiger partial charge is 0.267 e. The number of rotatable bonds is 5. The molecular formula is C17H13ClFN3O2. The Kier molecular flexibility index (Phi) is 4.86. The van der Waals surface area contributed by atoms with E-state index in [0.717, 1.165) is 5.56 Å². The van der Waals surface area contributed by atoms with Crippen molar-refractivity contribution < 1.29 is 13.8 Å². The Morgan fingerprint density at radius 2 is 2.04 bits per heavy atom. The second kappa shape index (κ2) is 7.23. The monoisotopic (exact) mass is 345 g/mol. The first-order valence-corrected chi connectivity index (χ1v) is 7.49. The van der Waals surface area contributed by atoms with E-state index >= 15 is 0 Å². The highest BCUT2D eigenvalue weighted by atomic mass is 35.5. The number of hydrogen-bond donors (Lipinski definition) is 0. The number of benzene rings is 2. The maximum absolute atomic E-state index is 13.6. The van der Waals surface area contributed by atoms with Crippen molar-refractivity contribution in [3.63, 3.8) is 0 Å². The lowest BCUT2D eigenvalue weighted by Crippen LogP contribution is -1.89. The Morgan fingerprint density at radius 3 is 2.79 bits per heavy atom. The van der Waals surface area contributed by atoms with Crippen LogP contribution in [-0.2, 0) is 11.4 Å². The summed E-state index contributed by atoms with van der Waals surface area (Å²) in [6, 6.07) is 11.9. The fourth-order valence-corrected chi connectivity index (χ4v) is 2.03. The third-order valence-electron chi connectivity index (χ3n) is 3.23. The fraction of sp³-hybridized carbons (Fsp3) is 0.118. The van der Waals surface area contributed by atoms with Crippen molar-refractivity contribution in [2.45, 2.75) is 13.5 Å². The summed E-state index contributed by atoms with van der Waals surface area (Å²) in [5, 5.41) is 8.27. The lowest BCUT2D eigenvalue weighted by molar-refractivity contribution is 0.107. The normalized spacial score (nSPS) is 11.1. The molecule has 0 N–H and O–H groups in total. The standard InChI is InChI=1S/C17H13ClFN3O2/c1-11-2-5-13(8-15(11)19)17-21-16(24-22-17)10-23-20-9-12-3-6-14(18)7-4-12/h2-9H,10H2,1H3/b20-9+. The van der Waals surface area contributed by atoms with Gasteiger partial charge < -0.3 is 9.36 Å². The average Bonchev–Trinajstić information content (AvgIpc) is 3.05. The van der Waals surface area contributed by atoms with E-state index in [1.807, 2.05) is 12.1 Å². The lowest BCUT2D eigenvalue weighted by Gasteiger charge is -1.97. The molecule has 7 heteroatoms. The molecule has 0 spiro atoms. The SMILES string of the molecule is Cc1ccc(-c2noc(CO/N=C/c3ccc(Cl)cc3)n2)cc1F. The molecule has 0 aliphatic heterocycles. The molecule has 1 aromatic heterocycles. The predicted octanol–water partition coefficient (Wildman–Crippen LogP) is 4.39. The van der Waals surface area contributed by atoms with Gasteiger partial charge in [-0.1, -0.05) is 46.2 Å². The molecule has 2 aromatic carbocycles. The largest absolute Gasteiger partial charge is 0.386 e. The van der Waals surface area contributed by atoms with Gasteiger partial charge in [-0.15, -0.1) is 0 Å². The second-order valence-electron chi connectivity index (χ2n) is 5.04. The summed E-state index contributed by atoms with van der Waals surface area (Å²) in [4.78, 5) is 9.26. The molecule has 3 aromatic rings. The highest BCUT2D eigenvalue weighted by Gasteiger charge is 2.10. The van der Waals surface area contributed by atoms with Crippen molar-refractivity contribution in [3.8, 4) is 11.4 Å². The summed E-state index contributed by atoms with van der Waals surface area (Å²) in [7, 11) is 0. The van der Waals surface area contributed by atoms with Gasteiger partial charge >= 0.3 is 0 Å². The molecule has 0 fully saturated rings. The Hall–Kier alpha value is -2.73. The van der Waals surface area contributed by atoms with E-state index in [1.54, 1.807) is 37.4 Å². The highest BCUT2D eigenvalue weighted by Crippen LogP contribution is 2.19. The van der Waals surface area contributed by atoms with Crippen LogP contribution in [0.15, 0.2) is 52.1 Å². The van der Waals surface area contributed by atoms with Crippen molar-refractivity contribution in [1.82, 2.24) is 10.1 Å². The van der Waals surface area contributed by atoms with E-state index in [4.69, 9.17) is 21.0 Å². The van der Waals surface area contributed by atoms with Crippen LogP contribution >= 0.6 is 11.6 Å². The van der Waals surface area contributed by atoms with E-state index in [0.29, 0.717) is 22.0 Å². The Labute approximate surface area is 142 Å². The summed E-state index contributed by atoms with van der Waals surface area (Å²) in [5.74, 6) is 0.232. The molecule has 3 rings (SSSR count). The quantitative estimate of drug-likeness (QED) is 0.508. The van der Waals surface area contributed by atoms with Crippen LogP contribution in [0, 0.1) is 12.7 Å². The maximum atomic E-state index is 13.6. The molecule has 122 valence electrons. The molecule has 0 saturated heterocycles. The van der Waals surface area contributed by atoms with Crippen LogP contribution in [0.5, 0.6) is 0 Å². The zero-order chi connectivity index (χ0) is 16.9. The average molecular weight is 346 g/mol. The molecule has 0 aliphatic carbocycles. The van der Waals surface area contributed by atoms with Gasteiger partial charge in [0.25, 0.3) is 5.89 Å². The van der Waals surface area contributed by atoms with Crippen LogP contribution in [-0.4, -0.2) is 16.4 Å². The number of aryl methyl sites for hydroxylation is 1. The number of oxime groups is 1. The summed E-state index contributed by atoms with van der Waals surface area (Å²) in [6.45, 7) is 1.71. The minimum atomic E-state index is -0.317. The number of hydrogen-bond acceptors (Lipinski definition) is 5. The second-order valence-corrected chi connectivity index (χ2v) is 5.47. The van der Waals surface area contributed by atoms with E-state index in [-0.39, 0.29) is 18.3 Å². The molecule has 0 saturated carbocycles. The molecule has 0 amide bonds. The summed E-state index contributed by atoms with van der Waals surface area (Å²) < 4.78 is 18.6. The fourth-order valence-electron chi connectivity index (χ4n) is 1.90. The van der Waals surface area contributed by atoms with E-state index in [9.17, 15) is 4.39 Å². The van der Waals surface area contributed by atoms with Gasteiger partial charge in [-0.05, 0) is 36.2 Å². The van der Waals surface area contributed by atoms with Crippen LogP contribution in [0.1, 0.15) is 17.0 Å². The van der Waals surface area contributed by atoms with Crippen LogP contribution in [0.4, 0.5) is 4.39 Å². The first-order chi connectivity index (χ1) is 11.6. The zero-order valence-corrected chi connectivity index (χ0v) is 13.5. The molecule has 24 heavy (non-hydrogen) atoms. The molecule has 0 unspecified atom stereocenters. The molecule has 0 radical (unpaired) electrons. The van der Waals surface area contributed by atoms with E-state index in [1.165, 1.54) is 6.07 Å². The molecule has 5 nitrogen and oxygen atoms in total. The minimum absolute atomic E-state index is 0.0193. The molecule has 0 bridgehead atoms. The topological polar surface area (TPSA) is 60.5 Å². The van der Waals surface area contributed by atoms with E-state index in [2.05, 4.69) is 15.3 Å². The van der Waals surface area contributed by atoms with Gasteiger partial charge in [-0.2, -0.15) is 4.98 Å². The van der Waals surface area contributed by atoms with Gasteiger partial charge in [-0.25, -0.2) is 4.39 Å². The first-order valence-electron chi connectivity index (χ1n) is 7.12. The number of aromatic nitrogens is 2.